The fourth-order valence-electron chi connectivity index (χ4n) is 3.27. The lowest BCUT2D eigenvalue weighted by Crippen LogP contribution is -2.30. The van der Waals surface area contributed by atoms with Crippen molar-refractivity contribution in [3.63, 3.8) is 0 Å². The van der Waals surface area contributed by atoms with E-state index in [4.69, 9.17) is 11.6 Å². The molecule has 2 amide bonds. The minimum atomic E-state index is -0.361. The van der Waals surface area contributed by atoms with Gasteiger partial charge in [-0.2, -0.15) is 9.78 Å². The third-order valence-electron chi connectivity index (χ3n) is 4.91. The van der Waals surface area contributed by atoms with E-state index in [1.165, 1.54) is 17.7 Å². The van der Waals surface area contributed by atoms with E-state index in [2.05, 4.69) is 15.7 Å². The molecule has 0 spiro atoms. The van der Waals surface area contributed by atoms with E-state index in [-0.39, 0.29) is 30.2 Å². The summed E-state index contributed by atoms with van der Waals surface area (Å²) in [6, 6.07) is 13.5. The number of nitrogens with zero attached hydrogens (tertiary/aromatic N) is 2. The van der Waals surface area contributed by atoms with Crippen LogP contribution in [-0.4, -0.2) is 26.8 Å². The molecule has 3 N–H and O–H groups in total. The largest absolute Gasteiger partial charge is 0.507 e. The van der Waals surface area contributed by atoms with Gasteiger partial charge in [0.05, 0.1) is 11.4 Å². The van der Waals surface area contributed by atoms with Gasteiger partial charge in [-0.25, -0.2) is 4.79 Å². The van der Waals surface area contributed by atoms with E-state index in [9.17, 15) is 14.7 Å². The first-order valence-corrected chi connectivity index (χ1v) is 10.0. The summed E-state index contributed by atoms with van der Waals surface area (Å²) >= 11 is 6.17. The number of hydrogen-bond acceptors (Lipinski definition) is 4. The van der Waals surface area contributed by atoms with Crippen molar-refractivity contribution in [3.05, 3.63) is 64.8 Å². The summed E-state index contributed by atoms with van der Waals surface area (Å²) < 4.78 is 1.36. The number of benzene rings is 2. The molecular weight excluding hydrogens is 404 g/mol. The lowest BCUT2D eigenvalue weighted by atomic mass is 10.1. The van der Waals surface area contributed by atoms with Crippen LogP contribution in [0.5, 0.6) is 5.75 Å². The molecule has 0 aliphatic heterocycles. The Hall–Kier alpha value is -3.32. The minimum absolute atomic E-state index is 0.0209. The van der Waals surface area contributed by atoms with Gasteiger partial charge in [0.25, 0.3) is 0 Å². The van der Waals surface area contributed by atoms with Gasteiger partial charge in [-0.15, -0.1) is 0 Å². The first-order valence-electron chi connectivity index (χ1n) is 9.65. The number of phenolic OH excluding ortho intramolecular Hbond substituents is 1. The van der Waals surface area contributed by atoms with Gasteiger partial charge >= 0.3 is 6.03 Å². The zero-order valence-electron chi connectivity index (χ0n) is 16.4. The molecule has 1 aliphatic carbocycles. The molecule has 1 aliphatic rings. The first-order chi connectivity index (χ1) is 14.4. The molecule has 8 heteroatoms. The van der Waals surface area contributed by atoms with Crippen molar-refractivity contribution in [1.29, 1.82) is 0 Å². The van der Waals surface area contributed by atoms with Crippen molar-refractivity contribution in [2.45, 2.75) is 32.2 Å². The third-order valence-corrected chi connectivity index (χ3v) is 5.27. The van der Waals surface area contributed by atoms with Crippen molar-refractivity contribution in [2.75, 3.05) is 5.32 Å². The van der Waals surface area contributed by atoms with Crippen LogP contribution < -0.4 is 10.6 Å². The summed E-state index contributed by atoms with van der Waals surface area (Å²) in [6.07, 6.45) is 1.97. The average molecular weight is 425 g/mol. The van der Waals surface area contributed by atoms with Crippen LogP contribution in [0.3, 0.4) is 0 Å². The van der Waals surface area contributed by atoms with Crippen LogP contribution in [0, 0.1) is 0 Å². The molecule has 0 saturated heterocycles. The Morgan fingerprint density at radius 3 is 2.67 bits per heavy atom. The fraction of sp³-hybridized carbons (Fsp3) is 0.227. The van der Waals surface area contributed by atoms with E-state index in [0.717, 1.165) is 24.1 Å². The van der Waals surface area contributed by atoms with Gasteiger partial charge in [0.2, 0.25) is 5.91 Å². The van der Waals surface area contributed by atoms with Crippen molar-refractivity contribution in [1.82, 2.24) is 15.1 Å². The number of anilines is 1. The minimum Gasteiger partial charge on any atom is -0.507 e. The van der Waals surface area contributed by atoms with Gasteiger partial charge in [-0.3, -0.25) is 4.79 Å². The summed E-state index contributed by atoms with van der Waals surface area (Å²) in [7, 11) is 0. The van der Waals surface area contributed by atoms with Gasteiger partial charge in [-0.05, 0) is 48.7 Å². The molecule has 0 bridgehead atoms. The summed E-state index contributed by atoms with van der Waals surface area (Å²) in [5.41, 5.74) is 3.07. The van der Waals surface area contributed by atoms with Gasteiger partial charge < -0.3 is 15.7 Å². The SMILES string of the molecule is CC(=O)Nc1ccc(O)c(-c2cc(C3CC3)n(C(=O)NCc3ccccc3Cl)n2)c1. The highest BCUT2D eigenvalue weighted by Gasteiger charge is 2.30. The molecule has 0 radical (unpaired) electrons. The van der Waals surface area contributed by atoms with Crippen LogP contribution in [0.25, 0.3) is 11.3 Å². The molecular formula is C22H21ClN4O3. The van der Waals surface area contributed by atoms with E-state index in [1.54, 1.807) is 18.2 Å². The normalized spacial score (nSPS) is 13.1. The van der Waals surface area contributed by atoms with E-state index in [0.29, 0.717) is 22.0 Å². The van der Waals surface area contributed by atoms with Crippen LogP contribution in [0.2, 0.25) is 5.02 Å². The molecule has 1 aromatic heterocycles. The van der Waals surface area contributed by atoms with E-state index in [1.807, 2.05) is 24.3 Å². The number of amides is 2. The van der Waals surface area contributed by atoms with Crippen molar-refractivity contribution in [3.8, 4) is 17.0 Å². The molecule has 4 rings (SSSR count). The van der Waals surface area contributed by atoms with Crippen molar-refractivity contribution in [2.24, 2.45) is 0 Å². The van der Waals surface area contributed by atoms with Crippen LogP contribution in [-0.2, 0) is 11.3 Å². The predicted octanol–water partition coefficient (Wildman–Crippen LogP) is 4.50. The number of nitrogens with one attached hydrogen (secondary N) is 2. The molecule has 30 heavy (non-hydrogen) atoms. The summed E-state index contributed by atoms with van der Waals surface area (Å²) in [4.78, 5) is 24.2. The number of aromatic hydroxyl groups is 1. The molecule has 1 heterocycles. The number of hydrogen-bond donors (Lipinski definition) is 3. The molecule has 0 unspecified atom stereocenters. The maximum Gasteiger partial charge on any atom is 0.342 e. The number of phenols is 1. The Labute approximate surface area is 178 Å². The second-order valence-electron chi connectivity index (χ2n) is 7.30. The van der Waals surface area contributed by atoms with Crippen LogP contribution in [0.1, 0.15) is 36.9 Å². The average Bonchev–Trinajstić information content (AvgIpc) is 3.46. The first kappa shape index (κ1) is 20.0. The Balaban J connectivity index is 1.62. The zero-order chi connectivity index (χ0) is 21.3. The molecule has 0 atom stereocenters. The number of carbonyl (C=O) groups is 2. The molecule has 7 nitrogen and oxygen atoms in total. The van der Waals surface area contributed by atoms with Crippen LogP contribution in [0.15, 0.2) is 48.5 Å². The summed E-state index contributed by atoms with van der Waals surface area (Å²) in [6.45, 7) is 1.69. The molecule has 1 saturated carbocycles. The highest BCUT2D eigenvalue weighted by molar-refractivity contribution is 6.31. The van der Waals surface area contributed by atoms with Gasteiger partial charge in [0.1, 0.15) is 5.75 Å². The molecule has 154 valence electrons. The van der Waals surface area contributed by atoms with Crippen molar-refractivity contribution >= 4 is 29.2 Å². The summed E-state index contributed by atoms with van der Waals surface area (Å²) in [5.74, 6) is 0.0698. The van der Waals surface area contributed by atoms with Crippen LogP contribution >= 0.6 is 11.6 Å². The number of halogens is 1. The second-order valence-corrected chi connectivity index (χ2v) is 7.71. The van der Waals surface area contributed by atoms with Crippen molar-refractivity contribution < 1.29 is 14.7 Å². The lowest BCUT2D eigenvalue weighted by molar-refractivity contribution is -0.114. The third kappa shape index (κ3) is 4.31. The monoisotopic (exact) mass is 424 g/mol. The van der Waals surface area contributed by atoms with E-state index < -0.39 is 0 Å². The Morgan fingerprint density at radius 1 is 1.20 bits per heavy atom. The maximum absolute atomic E-state index is 12.9. The smallest absolute Gasteiger partial charge is 0.342 e. The van der Waals surface area contributed by atoms with Crippen LogP contribution in [0.4, 0.5) is 10.5 Å². The fourth-order valence-corrected chi connectivity index (χ4v) is 3.47. The number of rotatable bonds is 5. The van der Waals surface area contributed by atoms with Gasteiger partial charge in [0.15, 0.2) is 0 Å². The zero-order valence-corrected chi connectivity index (χ0v) is 17.1. The summed E-state index contributed by atoms with van der Waals surface area (Å²) in [5, 5.41) is 20.9. The maximum atomic E-state index is 12.9. The second kappa shape index (κ2) is 8.20. The van der Waals surface area contributed by atoms with Gasteiger partial charge in [0, 0.05) is 35.7 Å². The quantitative estimate of drug-likeness (QED) is 0.525. The topological polar surface area (TPSA) is 96.2 Å². The lowest BCUT2D eigenvalue weighted by Gasteiger charge is -2.09. The Bertz CT molecular complexity index is 1120. The number of aromatic nitrogens is 2. The highest BCUT2D eigenvalue weighted by Crippen LogP contribution is 2.42. The standard InChI is InChI=1S/C22H21ClN4O3/c1-13(28)25-16-8-9-21(29)17(10-16)19-11-20(14-6-7-14)27(26-19)22(30)24-12-15-4-2-3-5-18(15)23/h2-5,8-11,14,29H,6-7,12H2,1H3,(H,24,30)(H,25,28). The van der Waals surface area contributed by atoms with E-state index >= 15 is 0 Å². The molecule has 1 fully saturated rings. The predicted molar refractivity (Wildman–Crippen MR) is 115 cm³/mol. The Morgan fingerprint density at radius 2 is 1.97 bits per heavy atom. The Kier molecular flexibility index (Phi) is 5.46. The molecule has 3 aromatic rings. The highest BCUT2D eigenvalue weighted by atomic mass is 35.5. The molecule has 2 aromatic carbocycles. The number of carbonyl (C=O) groups excluding carboxylic acids is 2. The van der Waals surface area contributed by atoms with Gasteiger partial charge in [-0.1, -0.05) is 29.8 Å².